The second-order valence-corrected chi connectivity index (χ2v) is 5.75. The van der Waals surface area contributed by atoms with Crippen LogP contribution in [0.25, 0.3) is 0 Å². The lowest BCUT2D eigenvalue weighted by molar-refractivity contribution is 0.0936. The first-order valence-electron chi connectivity index (χ1n) is 6.86. The lowest BCUT2D eigenvalue weighted by Gasteiger charge is -2.32. The Balaban J connectivity index is 1.64. The molecule has 2 aromatic heterocycles. The molecule has 0 bridgehead atoms. The summed E-state index contributed by atoms with van der Waals surface area (Å²) in [6.45, 7) is 3.43. The van der Waals surface area contributed by atoms with Crippen LogP contribution in [0.3, 0.4) is 0 Å². The predicted octanol–water partition coefficient (Wildman–Crippen LogP) is 1.04. The standard InChI is InChI=1S/C13H16N6OS/c1-9-11(21-18-17-9)12(20)16-10-4-2-7-19(8-10)13-14-5-3-6-15-13/h3,5-6,10H,2,4,7-8H2,1H3,(H,16,20). The van der Waals surface area contributed by atoms with Crippen molar-refractivity contribution in [3.05, 3.63) is 29.0 Å². The number of nitrogens with zero attached hydrogens (tertiary/aromatic N) is 5. The number of aromatic nitrogens is 4. The third-order valence-electron chi connectivity index (χ3n) is 3.45. The van der Waals surface area contributed by atoms with Gasteiger partial charge >= 0.3 is 0 Å². The number of carbonyl (C=O) groups excluding carboxylic acids is 1. The summed E-state index contributed by atoms with van der Waals surface area (Å²) in [6, 6.07) is 1.89. The van der Waals surface area contributed by atoms with Crippen molar-refractivity contribution >= 4 is 23.4 Å². The number of amides is 1. The van der Waals surface area contributed by atoms with Gasteiger partial charge in [0.1, 0.15) is 4.88 Å². The van der Waals surface area contributed by atoms with Gasteiger partial charge < -0.3 is 10.2 Å². The summed E-state index contributed by atoms with van der Waals surface area (Å²) in [6.07, 6.45) is 5.43. The minimum atomic E-state index is -0.0941. The van der Waals surface area contributed by atoms with Gasteiger partial charge in [0.25, 0.3) is 5.91 Å². The third-order valence-corrected chi connectivity index (χ3v) is 4.28. The second kappa shape index (κ2) is 6.13. The first kappa shape index (κ1) is 13.9. The topological polar surface area (TPSA) is 83.9 Å². The summed E-state index contributed by atoms with van der Waals surface area (Å²) in [5.74, 6) is 0.621. The fourth-order valence-corrected chi connectivity index (χ4v) is 2.98. The Hall–Kier alpha value is -2.09. The number of nitrogens with one attached hydrogen (secondary N) is 1. The average Bonchev–Trinajstić information content (AvgIpc) is 2.95. The molecule has 1 fully saturated rings. The van der Waals surface area contributed by atoms with Crippen LogP contribution in [0.4, 0.5) is 5.95 Å². The summed E-state index contributed by atoms with van der Waals surface area (Å²) in [4.78, 5) is 23.4. The molecule has 7 nitrogen and oxygen atoms in total. The molecule has 1 unspecified atom stereocenters. The summed E-state index contributed by atoms with van der Waals surface area (Å²) in [5.41, 5.74) is 0.677. The average molecular weight is 304 g/mol. The molecule has 1 aliphatic rings. The van der Waals surface area contributed by atoms with E-state index >= 15 is 0 Å². The third kappa shape index (κ3) is 3.15. The Morgan fingerprint density at radius 2 is 2.24 bits per heavy atom. The molecule has 1 aliphatic heterocycles. The Labute approximate surface area is 126 Å². The van der Waals surface area contributed by atoms with Gasteiger partial charge in [-0.15, -0.1) is 5.10 Å². The lowest BCUT2D eigenvalue weighted by atomic mass is 10.1. The monoisotopic (exact) mass is 304 g/mol. The largest absolute Gasteiger partial charge is 0.347 e. The van der Waals surface area contributed by atoms with Gasteiger partial charge in [-0.1, -0.05) is 4.49 Å². The number of hydrogen-bond acceptors (Lipinski definition) is 7. The van der Waals surface area contributed by atoms with Crippen molar-refractivity contribution in [2.24, 2.45) is 0 Å². The number of rotatable bonds is 3. The van der Waals surface area contributed by atoms with E-state index in [9.17, 15) is 4.79 Å². The minimum absolute atomic E-state index is 0.0940. The van der Waals surface area contributed by atoms with Gasteiger partial charge in [-0.3, -0.25) is 4.79 Å². The van der Waals surface area contributed by atoms with E-state index in [1.165, 1.54) is 0 Å². The number of anilines is 1. The van der Waals surface area contributed by atoms with Gasteiger partial charge in [0.15, 0.2) is 0 Å². The van der Waals surface area contributed by atoms with Crippen molar-refractivity contribution in [2.45, 2.75) is 25.8 Å². The van der Waals surface area contributed by atoms with E-state index in [1.54, 1.807) is 25.4 Å². The fraction of sp³-hybridized carbons (Fsp3) is 0.462. The summed E-state index contributed by atoms with van der Waals surface area (Å²) in [5, 5.41) is 6.93. The summed E-state index contributed by atoms with van der Waals surface area (Å²) < 4.78 is 3.80. The molecule has 3 rings (SSSR count). The highest BCUT2D eigenvalue weighted by Gasteiger charge is 2.24. The van der Waals surface area contributed by atoms with Gasteiger partial charge in [0, 0.05) is 31.5 Å². The van der Waals surface area contributed by atoms with Crippen LogP contribution in [-0.4, -0.2) is 44.6 Å². The van der Waals surface area contributed by atoms with Gasteiger partial charge in [-0.25, -0.2) is 9.97 Å². The van der Waals surface area contributed by atoms with Crippen LogP contribution >= 0.6 is 11.5 Å². The van der Waals surface area contributed by atoms with E-state index in [2.05, 4.69) is 29.8 Å². The molecule has 110 valence electrons. The highest BCUT2D eigenvalue weighted by atomic mass is 32.1. The van der Waals surface area contributed by atoms with E-state index in [-0.39, 0.29) is 11.9 Å². The molecule has 0 radical (unpaired) electrons. The lowest BCUT2D eigenvalue weighted by Crippen LogP contribution is -2.48. The smallest absolute Gasteiger partial charge is 0.265 e. The molecule has 0 saturated carbocycles. The summed E-state index contributed by atoms with van der Waals surface area (Å²) >= 11 is 1.13. The first-order valence-corrected chi connectivity index (χ1v) is 7.63. The zero-order valence-corrected chi connectivity index (χ0v) is 12.5. The van der Waals surface area contributed by atoms with E-state index < -0.39 is 0 Å². The van der Waals surface area contributed by atoms with Gasteiger partial charge in [-0.05, 0) is 37.4 Å². The Bertz CT molecular complexity index is 616. The van der Waals surface area contributed by atoms with Crippen LogP contribution in [0, 0.1) is 6.92 Å². The molecule has 2 aromatic rings. The number of piperidine rings is 1. The first-order chi connectivity index (χ1) is 10.2. The van der Waals surface area contributed by atoms with Crippen LogP contribution in [0.2, 0.25) is 0 Å². The Kier molecular flexibility index (Phi) is 4.05. The highest BCUT2D eigenvalue weighted by molar-refractivity contribution is 7.08. The maximum atomic E-state index is 12.2. The maximum Gasteiger partial charge on any atom is 0.265 e. The van der Waals surface area contributed by atoms with Crippen LogP contribution in [0.5, 0.6) is 0 Å². The minimum Gasteiger partial charge on any atom is -0.347 e. The van der Waals surface area contributed by atoms with Crippen molar-refractivity contribution in [2.75, 3.05) is 18.0 Å². The number of aryl methyl sites for hydroxylation is 1. The van der Waals surface area contributed by atoms with Crippen LogP contribution in [0.1, 0.15) is 28.2 Å². The van der Waals surface area contributed by atoms with Gasteiger partial charge in [0.05, 0.1) is 5.69 Å². The molecule has 0 aliphatic carbocycles. The van der Waals surface area contributed by atoms with Crippen LogP contribution in [0.15, 0.2) is 18.5 Å². The van der Waals surface area contributed by atoms with E-state index in [0.717, 1.165) is 37.5 Å². The molecule has 21 heavy (non-hydrogen) atoms. The predicted molar refractivity (Wildman–Crippen MR) is 79.4 cm³/mol. The Morgan fingerprint density at radius 3 is 2.95 bits per heavy atom. The number of carbonyl (C=O) groups is 1. The van der Waals surface area contributed by atoms with Crippen molar-refractivity contribution in [1.82, 2.24) is 24.9 Å². The van der Waals surface area contributed by atoms with E-state index in [0.29, 0.717) is 16.5 Å². The van der Waals surface area contributed by atoms with Gasteiger partial charge in [-0.2, -0.15) is 0 Å². The molecule has 3 heterocycles. The van der Waals surface area contributed by atoms with Gasteiger partial charge in [0.2, 0.25) is 5.95 Å². The molecule has 8 heteroatoms. The molecule has 1 N–H and O–H groups in total. The normalized spacial score (nSPS) is 18.5. The number of hydrogen-bond donors (Lipinski definition) is 1. The SMILES string of the molecule is Cc1nnsc1C(=O)NC1CCCN(c2ncccn2)C1. The quantitative estimate of drug-likeness (QED) is 0.912. The summed E-state index contributed by atoms with van der Waals surface area (Å²) in [7, 11) is 0. The fourth-order valence-electron chi connectivity index (χ4n) is 2.42. The van der Waals surface area contributed by atoms with Crippen molar-refractivity contribution in [3.8, 4) is 0 Å². The molecule has 1 amide bonds. The van der Waals surface area contributed by atoms with Crippen LogP contribution < -0.4 is 10.2 Å². The second-order valence-electron chi connectivity index (χ2n) is 4.99. The molecule has 1 saturated heterocycles. The van der Waals surface area contributed by atoms with E-state index in [4.69, 9.17) is 0 Å². The molecule has 0 aromatic carbocycles. The maximum absolute atomic E-state index is 12.2. The molecular weight excluding hydrogens is 288 g/mol. The molecule has 1 atom stereocenters. The Morgan fingerprint density at radius 1 is 1.43 bits per heavy atom. The molecular formula is C13H16N6OS. The van der Waals surface area contributed by atoms with Crippen molar-refractivity contribution < 1.29 is 4.79 Å². The van der Waals surface area contributed by atoms with Crippen molar-refractivity contribution in [3.63, 3.8) is 0 Å². The highest BCUT2D eigenvalue weighted by Crippen LogP contribution is 2.16. The zero-order valence-electron chi connectivity index (χ0n) is 11.7. The van der Waals surface area contributed by atoms with Crippen LogP contribution in [-0.2, 0) is 0 Å². The zero-order chi connectivity index (χ0) is 14.7. The van der Waals surface area contributed by atoms with E-state index in [1.807, 2.05) is 0 Å². The van der Waals surface area contributed by atoms with Crippen molar-refractivity contribution in [1.29, 1.82) is 0 Å². The molecule has 0 spiro atoms.